The summed E-state index contributed by atoms with van der Waals surface area (Å²) in [5.74, 6) is -0.0848. The summed E-state index contributed by atoms with van der Waals surface area (Å²) in [7, 11) is 0. The van der Waals surface area contributed by atoms with Gasteiger partial charge in [0.05, 0.1) is 23.4 Å². The predicted molar refractivity (Wildman–Crippen MR) is 115 cm³/mol. The molecule has 1 N–H and O–H groups in total. The maximum absolute atomic E-state index is 12.2. The summed E-state index contributed by atoms with van der Waals surface area (Å²) in [5, 5.41) is 10.7. The Labute approximate surface area is 170 Å². The van der Waals surface area contributed by atoms with Crippen LogP contribution in [0.5, 0.6) is 5.75 Å². The van der Waals surface area contributed by atoms with Gasteiger partial charge >= 0.3 is 5.97 Å². The molecule has 29 heavy (non-hydrogen) atoms. The predicted octanol–water partition coefficient (Wildman–Crippen LogP) is 4.71. The highest BCUT2D eigenvalue weighted by atomic mass is 16.5. The number of carbonyl (C=O) groups is 1. The van der Waals surface area contributed by atoms with Gasteiger partial charge in [-0.05, 0) is 48.9 Å². The molecule has 0 spiro atoms. The molecule has 0 bridgehead atoms. The van der Waals surface area contributed by atoms with E-state index in [0.717, 1.165) is 41.2 Å². The number of benzene rings is 2. The average molecular weight is 388 g/mol. The fourth-order valence-electron chi connectivity index (χ4n) is 3.91. The van der Waals surface area contributed by atoms with Crippen molar-refractivity contribution >= 4 is 28.5 Å². The van der Waals surface area contributed by atoms with Gasteiger partial charge in [-0.1, -0.05) is 37.3 Å². The Balaban J connectivity index is 1.92. The van der Waals surface area contributed by atoms with Gasteiger partial charge in [0.15, 0.2) is 0 Å². The van der Waals surface area contributed by atoms with E-state index in [4.69, 9.17) is 9.72 Å². The minimum Gasteiger partial charge on any atom is -0.494 e. The lowest BCUT2D eigenvalue weighted by molar-refractivity contribution is 0.0696. The second-order valence-corrected chi connectivity index (χ2v) is 7.11. The molecule has 0 amide bonds. The summed E-state index contributed by atoms with van der Waals surface area (Å²) in [6, 6.07) is 15.4. The molecule has 0 aliphatic carbocycles. The van der Waals surface area contributed by atoms with Crippen molar-refractivity contribution in [2.75, 3.05) is 19.7 Å². The van der Waals surface area contributed by atoms with Crippen LogP contribution in [0.15, 0.2) is 48.5 Å². The Morgan fingerprint density at radius 3 is 2.76 bits per heavy atom. The fraction of sp³-hybridized carbons (Fsp3) is 0.250. The number of pyridine rings is 1. The highest BCUT2D eigenvalue weighted by Crippen LogP contribution is 2.34. The summed E-state index contributed by atoms with van der Waals surface area (Å²) in [4.78, 5) is 19.3. The van der Waals surface area contributed by atoms with E-state index in [0.29, 0.717) is 29.6 Å². The maximum Gasteiger partial charge on any atom is 0.336 e. The monoisotopic (exact) mass is 388 g/mol. The van der Waals surface area contributed by atoms with Gasteiger partial charge in [0.1, 0.15) is 5.75 Å². The minimum absolute atomic E-state index is 0.359. The zero-order valence-corrected chi connectivity index (χ0v) is 16.7. The molecule has 1 aromatic heterocycles. The molecule has 0 saturated carbocycles. The van der Waals surface area contributed by atoms with Gasteiger partial charge in [0.2, 0.25) is 0 Å². The first-order valence-corrected chi connectivity index (χ1v) is 9.91. The summed E-state index contributed by atoms with van der Waals surface area (Å²) >= 11 is 0. The van der Waals surface area contributed by atoms with E-state index in [1.54, 1.807) is 0 Å². The number of carboxylic acid groups (broad SMARTS) is 1. The first-order chi connectivity index (χ1) is 14.1. The van der Waals surface area contributed by atoms with Crippen LogP contribution in [0.25, 0.3) is 22.6 Å². The highest BCUT2D eigenvalue weighted by Gasteiger charge is 2.27. The van der Waals surface area contributed by atoms with Gasteiger partial charge in [-0.3, -0.25) is 4.90 Å². The molecule has 1 aliphatic rings. The summed E-state index contributed by atoms with van der Waals surface area (Å²) < 4.78 is 5.62. The number of ether oxygens (including phenoxy) is 1. The van der Waals surface area contributed by atoms with Gasteiger partial charge in [-0.2, -0.15) is 0 Å². The smallest absolute Gasteiger partial charge is 0.336 e. The number of nitrogens with zero attached hydrogens (tertiary/aromatic N) is 2. The Morgan fingerprint density at radius 1 is 1.17 bits per heavy atom. The number of fused-ring (bicyclic) bond motifs is 2. The van der Waals surface area contributed by atoms with E-state index in [9.17, 15) is 9.90 Å². The van der Waals surface area contributed by atoms with Crippen LogP contribution in [0.2, 0.25) is 0 Å². The van der Waals surface area contributed by atoms with E-state index in [1.807, 2.05) is 55.5 Å². The fourth-order valence-corrected chi connectivity index (χ4v) is 3.91. The van der Waals surface area contributed by atoms with Crippen molar-refractivity contribution in [1.29, 1.82) is 0 Å². The zero-order valence-electron chi connectivity index (χ0n) is 16.7. The summed E-state index contributed by atoms with van der Waals surface area (Å²) in [6.45, 7) is 6.81. The van der Waals surface area contributed by atoms with Crippen LogP contribution in [0.4, 0.5) is 0 Å². The first kappa shape index (κ1) is 19.2. The van der Waals surface area contributed by atoms with E-state index in [2.05, 4.69) is 17.9 Å². The van der Waals surface area contributed by atoms with Gasteiger partial charge in [0, 0.05) is 24.0 Å². The van der Waals surface area contributed by atoms with Crippen molar-refractivity contribution in [3.05, 3.63) is 70.9 Å². The van der Waals surface area contributed by atoms with E-state index in [-0.39, 0.29) is 0 Å². The third-order valence-electron chi connectivity index (χ3n) is 5.24. The molecule has 0 radical (unpaired) electrons. The number of para-hydroxylation sites is 1. The number of hydrogen-bond donors (Lipinski definition) is 1. The molecule has 0 fully saturated rings. The van der Waals surface area contributed by atoms with E-state index >= 15 is 0 Å². The number of aromatic carboxylic acids is 1. The van der Waals surface area contributed by atoms with Gasteiger partial charge < -0.3 is 9.84 Å². The molecular weight excluding hydrogens is 364 g/mol. The molecule has 5 heteroatoms. The standard InChI is InChI=1S/C24H24N2O3/c1-3-26-14-17(12-16-8-7-9-18(13-16)29-4-2)23-20(15-26)22(24(27)28)19-10-5-6-11-21(19)25-23/h5-13H,3-4,14-15H2,1-2H3,(H,27,28)/b17-12+. The van der Waals surface area contributed by atoms with Crippen LogP contribution in [0.1, 0.15) is 41.0 Å². The van der Waals surface area contributed by atoms with Gasteiger partial charge in [0.25, 0.3) is 0 Å². The van der Waals surface area contributed by atoms with Crippen molar-refractivity contribution in [1.82, 2.24) is 9.88 Å². The number of hydrogen-bond acceptors (Lipinski definition) is 4. The largest absolute Gasteiger partial charge is 0.494 e. The quantitative estimate of drug-likeness (QED) is 0.686. The molecule has 1 aliphatic heterocycles. The number of rotatable bonds is 5. The molecule has 0 saturated heterocycles. The molecule has 0 atom stereocenters. The Bertz CT molecular complexity index is 1100. The number of aromatic nitrogens is 1. The van der Waals surface area contributed by atoms with Crippen LogP contribution in [0.3, 0.4) is 0 Å². The summed E-state index contributed by atoms with van der Waals surface area (Å²) in [6.07, 6.45) is 2.09. The molecule has 148 valence electrons. The van der Waals surface area contributed by atoms with Crippen molar-refractivity contribution < 1.29 is 14.6 Å². The Hall–Kier alpha value is -3.18. The number of carboxylic acids is 1. The van der Waals surface area contributed by atoms with Crippen molar-refractivity contribution in [2.24, 2.45) is 0 Å². The topological polar surface area (TPSA) is 62.7 Å². The minimum atomic E-state index is -0.907. The lowest BCUT2D eigenvalue weighted by Crippen LogP contribution is -2.31. The first-order valence-electron chi connectivity index (χ1n) is 9.91. The third-order valence-corrected chi connectivity index (χ3v) is 5.24. The molecular formula is C24H24N2O3. The molecule has 2 aromatic carbocycles. The Kier molecular flexibility index (Phi) is 5.32. The van der Waals surface area contributed by atoms with Crippen molar-refractivity contribution in [3.8, 4) is 5.75 Å². The SMILES string of the molecule is CCOc1cccc(/C=C2\CN(CC)Cc3c2nc2ccccc2c3C(=O)O)c1. The molecule has 4 rings (SSSR count). The second-order valence-electron chi connectivity index (χ2n) is 7.11. The average Bonchev–Trinajstić information content (AvgIpc) is 2.72. The zero-order chi connectivity index (χ0) is 20.4. The van der Waals surface area contributed by atoms with Crippen molar-refractivity contribution in [2.45, 2.75) is 20.4 Å². The third kappa shape index (κ3) is 3.74. The normalized spacial score (nSPS) is 15.4. The van der Waals surface area contributed by atoms with Crippen molar-refractivity contribution in [3.63, 3.8) is 0 Å². The molecule has 2 heterocycles. The Morgan fingerprint density at radius 2 is 2.00 bits per heavy atom. The number of likely N-dealkylation sites (N-methyl/N-ethyl adjacent to an activating group) is 1. The van der Waals surface area contributed by atoms with Crippen LogP contribution in [-0.2, 0) is 6.54 Å². The molecule has 3 aromatic rings. The molecule has 5 nitrogen and oxygen atoms in total. The van der Waals surface area contributed by atoms with Crippen LogP contribution in [-0.4, -0.2) is 40.7 Å². The highest BCUT2D eigenvalue weighted by molar-refractivity contribution is 6.06. The van der Waals surface area contributed by atoms with Crippen LogP contribution >= 0.6 is 0 Å². The van der Waals surface area contributed by atoms with Gasteiger partial charge in [-0.15, -0.1) is 0 Å². The van der Waals surface area contributed by atoms with E-state index < -0.39 is 5.97 Å². The van der Waals surface area contributed by atoms with Crippen LogP contribution < -0.4 is 4.74 Å². The van der Waals surface area contributed by atoms with E-state index in [1.165, 1.54) is 0 Å². The molecule has 0 unspecified atom stereocenters. The maximum atomic E-state index is 12.2. The van der Waals surface area contributed by atoms with Gasteiger partial charge in [-0.25, -0.2) is 9.78 Å². The summed E-state index contributed by atoms with van der Waals surface area (Å²) in [5.41, 5.74) is 4.68. The second kappa shape index (κ2) is 8.05. The lowest BCUT2D eigenvalue weighted by atomic mass is 9.92. The lowest BCUT2D eigenvalue weighted by Gasteiger charge is -2.30. The van der Waals surface area contributed by atoms with Crippen LogP contribution in [0, 0.1) is 0 Å².